The van der Waals surface area contributed by atoms with Crippen LogP contribution in [0.3, 0.4) is 0 Å². The Balaban J connectivity index is 1.13. The van der Waals surface area contributed by atoms with Crippen molar-refractivity contribution in [2.45, 2.75) is 19.3 Å². The van der Waals surface area contributed by atoms with Crippen LogP contribution in [-0.2, 0) is 5.41 Å². The predicted molar refractivity (Wildman–Crippen MR) is 253 cm³/mol. The maximum Gasteiger partial charge on any atom is 0.0561 e. The van der Waals surface area contributed by atoms with Crippen molar-refractivity contribution < 1.29 is 0 Å². The van der Waals surface area contributed by atoms with Crippen molar-refractivity contribution in [1.82, 2.24) is 4.57 Å². The molecule has 0 atom stereocenters. The molecule has 286 valence electrons. The molecule has 11 rings (SSSR count). The Labute approximate surface area is 351 Å². The minimum absolute atomic E-state index is 0.109. The van der Waals surface area contributed by atoms with Crippen molar-refractivity contribution in [3.05, 3.63) is 236 Å². The zero-order valence-corrected chi connectivity index (χ0v) is 33.7. The Morgan fingerprint density at radius 1 is 0.333 bits per heavy atom. The fraction of sp³-hybridized carbons (Fsp3) is 0.0526. The second-order valence-corrected chi connectivity index (χ2v) is 16.2. The zero-order valence-electron chi connectivity index (χ0n) is 33.7. The Bertz CT molecular complexity index is 3110. The van der Waals surface area contributed by atoms with Gasteiger partial charge >= 0.3 is 0 Å². The van der Waals surface area contributed by atoms with Gasteiger partial charge < -0.3 is 14.4 Å². The molecule has 1 heterocycles. The van der Waals surface area contributed by atoms with Crippen molar-refractivity contribution in [2.75, 3.05) is 9.80 Å². The third kappa shape index (κ3) is 5.89. The number of para-hydroxylation sites is 3. The van der Waals surface area contributed by atoms with Crippen molar-refractivity contribution in [1.29, 1.82) is 0 Å². The first-order valence-corrected chi connectivity index (χ1v) is 20.8. The minimum Gasteiger partial charge on any atom is -0.311 e. The molecule has 60 heavy (non-hydrogen) atoms. The fourth-order valence-corrected chi connectivity index (χ4v) is 9.45. The van der Waals surface area contributed by atoms with Gasteiger partial charge in [0.1, 0.15) is 0 Å². The lowest BCUT2D eigenvalue weighted by atomic mass is 9.82. The zero-order chi connectivity index (χ0) is 40.2. The summed E-state index contributed by atoms with van der Waals surface area (Å²) >= 11 is 0. The van der Waals surface area contributed by atoms with Crippen molar-refractivity contribution in [2.24, 2.45) is 0 Å². The quantitative estimate of drug-likeness (QED) is 0.152. The topological polar surface area (TPSA) is 11.4 Å². The number of hydrogen-bond acceptors (Lipinski definition) is 2. The van der Waals surface area contributed by atoms with E-state index in [4.69, 9.17) is 0 Å². The number of benzene rings is 9. The molecule has 1 aromatic heterocycles. The van der Waals surface area contributed by atoms with E-state index < -0.39 is 0 Å². The van der Waals surface area contributed by atoms with Crippen LogP contribution in [-0.4, -0.2) is 4.57 Å². The highest BCUT2D eigenvalue weighted by molar-refractivity contribution is 6.12. The molecule has 0 saturated carbocycles. The molecule has 0 spiro atoms. The van der Waals surface area contributed by atoms with Gasteiger partial charge in [-0.15, -0.1) is 0 Å². The number of anilines is 6. The summed E-state index contributed by atoms with van der Waals surface area (Å²) in [6, 6.07) is 81.4. The third-order valence-corrected chi connectivity index (χ3v) is 12.3. The normalized spacial score (nSPS) is 12.6. The summed E-state index contributed by atoms with van der Waals surface area (Å²) in [4.78, 5) is 4.70. The van der Waals surface area contributed by atoms with Gasteiger partial charge in [0.2, 0.25) is 0 Å². The maximum atomic E-state index is 2.48. The van der Waals surface area contributed by atoms with E-state index in [9.17, 15) is 0 Å². The molecule has 9 aromatic carbocycles. The van der Waals surface area contributed by atoms with Crippen molar-refractivity contribution in [3.8, 4) is 27.9 Å². The Morgan fingerprint density at radius 2 is 0.817 bits per heavy atom. The Kier molecular flexibility index (Phi) is 8.49. The van der Waals surface area contributed by atoms with Crippen LogP contribution >= 0.6 is 0 Å². The fourth-order valence-electron chi connectivity index (χ4n) is 9.45. The highest BCUT2D eigenvalue weighted by atomic mass is 15.2. The number of rotatable bonds is 8. The molecular weight excluding hydrogens is 727 g/mol. The van der Waals surface area contributed by atoms with Gasteiger partial charge in [0.15, 0.2) is 0 Å². The van der Waals surface area contributed by atoms with Gasteiger partial charge in [-0.2, -0.15) is 0 Å². The lowest BCUT2D eigenvalue weighted by Crippen LogP contribution is -2.14. The Hall–Kier alpha value is -7.62. The van der Waals surface area contributed by atoms with Crippen LogP contribution in [0.2, 0.25) is 0 Å². The van der Waals surface area contributed by atoms with Crippen LogP contribution in [0, 0.1) is 0 Å². The lowest BCUT2D eigenvalue weighted by Gasteiger charge is -2.26. The molecule has 0 radical (unpaired) electrons. The summed E-state index contributed by atoms with van der Waals surface area (Å²) in [5.41, 5.74) is 17.8. The molecule has 0 aliphatic heterocycles. The van der Waals surface area contributed by atoms with E-state index in [1.54, 1.807) is 0 Å². The highest BCUT2D eigenvalue weighted by Crippen LogP contribution is 2.51. The maximum absolute atomic E-state index is 2.48. The largest absolute Gasteiger partial charge is 0.311 e. The average molecular weight is 770 g/mol. The van der Waals surface area contributed by atoms with E-state index in [-0.39, 0.29) is 5.41 Å². The summed E-state index contributed by atoms with van der Waals surface area (Å²) in [6.07, 6.45) is 0. The first kappa shape index (κ1) is 35.5. The molecule has 0 N–H and O–H groups in total. The molecule has 1 aliphatic carbocycles. The molecule has 10 aromatic rings. The van der Waals surface area contributed by atoms with Crippen LogP contribution in [0.25, 0.3) is 49.7 Å². The van der Waals surface area contributed by atoms with Crippen molar-refractivity contribution >= 4 is 55.9 Å². The van der Waals surface area contributed by atoms with E-state index in [1.165, 1.54) is 49.7 Å². The molecule has 3 nitrogen and oxygen atoms in total. The predicted octanol–water partition coefficient (Wildman–Crippen LogP) is 15.7. The number of aromatic nitrogens is 1. The van der Waals surface area contributed by atoms with Gasteiger partial charge in [-0.05, 0) is 130 Å². The average Bonchev–Trinajstić information content (AvgIpc) is 3.74. The molecule has 3 heteroatoms. The van der Waals surface area contributed by atoms with E-state index in [0.717, 1.165) is 45.3 Å². The summed E-state index contributed by atoms with van der Waals surface area (Å²) in [5, 5.41) is 2.49. The van der Waals surface area contributed by atoms with E-state index in [0.29, 0.717) is 0 Å². The van der Waals surface area contributed by atoms with Gasteiger partial charge in [0, 0.05) is 56.0 Å². The molecule has 0 bridgehead atoms. The monoisotopic (exact) mass is 769 g/mol. The number of hydrogen-bond donors (Lipinski definition) is 0. The van der Waals surface area contributed by atoms with E-state index in [1.807, 2.05) is 0 Å². The summed E-state index contributed by atoms with van der Waals surface area (Å²) in [7, 11) is 0. The molecule has 0 saturated heterocycles. The molecule has 0 fully saturated rings. The second-order valence-electron chi connectivity index (χ2n) is 16.2. The molecule has 1 aliphatic rings. The SMILES string of the molecule is CC1(C)c2ccccc2-c2cc3c(cc21)c1ccc(N(c2ccccc2)c2cccc(-c4ccccc4)c2)cc1n3-c1ccc(N(c2ccccc2)c2ccccc2)cc1. The van der Waals surface area contributed by atoms with Crippen molar-refractivity contribution in [3.63, 3.8) is 0 Å². The lowest BCUT2D eigenvalue weighted by molar-refractivity contribution is 0.661. The number of nitrogens with zero attached hydrogens (tertiary/aromatic N) is 3. The van der Waals surface area contributed by atoms with Gasteiger partial charge in [0.05, 0.1) is 11.0 Å². The highest BCUT2D eigenvalue weighted by Gasteiger charge is 2.36. The summed E-state index contributed by atoms with van der Waals surface area (Å²) in [6.45, 7) is 4.73. The minimum atomic E-state index is -0.109. The smallest absolute Gasteiger partial charge is 0.0561 e. The van der Waals surface area contributed by atoms with Gasteiger partial charge in [-0.1, -0.05) is 141 Å². The van der Waals surface area contributed by atoms with Crippen LogP contribution in [0.4, 0.5) is 34.1 Å². The van der Waals surface area contributed by atoms with Crippen LogP contribution in [0.1, 0.15) is 25.0 Å². The Morgan fingerprint density at radius 3 is 1.47 bits per heavy atom. The van der Waals surface area contributed by atoms with Crippen LogP contribution in [0.15, 0.2) is 224 Å². The van der Waals surface area contributed by atoms with E-state index in [2.05, 4.69) is 253 Å². The van der Waals surface area contributed by atoms with Gasteiger partial charge in [-0.25, -0.2) is 0 Å². The van der Waals surface area contributed by atoms with Crippen LogP contribution in [0.5, 0.6) is 0 Å². The first-order valence-electron chi connectivity index (χ1n) is 20.8. The molecular formula is C57H43N3. The molecule has 0 unspecified atom stereocenters. The standard InChI is InChI=1S/C57H43N3/c1-57(2)53-29-16-15-28-49(53)51-39-56-52(38-54(51)57)50-35-34-48(59(44-25-13-6-14-26-44)47-27-17-20-41(36-47)40-18-7-3-8-19-40)37-55(50)60(56)46-32-30-45(31-33-46)58(42-21-9-4-10-22-42)43-23-11-5-12-24-43/h3-39H,1-2H3. The van der Waals surface area contributed by atoms with Gasteiger partial charge in [0.25, 0.3) is 0 Å². The van der Waals surface area contributed by atoms with Crippen LogP contribution < -0.4 is 9.80 Å². The second kappa shape index (κ2) is 14.3. The van der Waals surface area contributed by atoms with Gasteiger partial charge in [-0.3, -0.25) is 0 Å². The summed E-state index contributed by atoms with van der Waals surface area (Å²) in [5.74, 6) is 0. The molecule has 0 amide bonds. The van der Waals surface area contributed by atoms with E-state index >= 15 is 0 Å². The first-order chi connectivity index (χ1) is 29.5. The third-order valence-electron chi connectivity index (χ3n) is 12.3. The number of fused-ring (bicyclic) bond motifs is 6. The summed E-state index contributed by atoms with van der Waals surface area (Å²) < 4.78 is 2.48.